The number of hydrogen-bond donors (Lipinski definition) is 2. The highest BCUT2D eigenvalue weighted by molar-refractivity contribution is 6.30. The van der Waals surface area contributed by atoms with Crippen LogP contribution in [0.4, 0.5) is 0 Å². The van der Waals surface area contributed by atoms with Crippen LogP contribution >= 0.6 is 11.6 Å². The molecule has 0 saturated carbocycles. The minimum Gasteiger partial charge on any atom is -0.508 e. The van der Waals surface area contributed by atoms with Gasteiger partial charge in [0, 0.05) is 16.5 Å². The SMILES string of the molecule is O=C1c2ccc(Cl)cc2[C@H](c2ccc(O)cc2)[C@H]1O. The first kappa shape index (κ1) is 12.2. The number of hydrogen-bond acceptors (Lipinski definition) is 3. The van der Waals surface area contributed by atoms with Crippen LogP contribution in [-0.2, 0) is 0 Å². The van der Waals surface area contributed by atoms with E-state index in [1.54, 1.807) is 30.3 Å². The van der Waals surface area contributed by atoms with Crippen molar-refractivity contribution in [2.75, 3.05) is 0 Å². The maximum atomic E-state index is 12.0. The van der Waals surface area contributed by atoms with Gasteiger partial charge in [0.05, 0.1) is 0 Å². The Balaban J connectivity index is 2.15. The van der Waals surface area contributed by atoms with Gasteiger partial charge in [0.1, 0.15) is 11.9 Å². The second-order valence-electron chi connectivity index (χ2n) is 4.61. The van der Waals surface area contributed by atoms with E-state index in [9.17, 15) is 15.0 Å². The minimum atomic E-state index is -1.10. The molecule has 19 heavy (non-hydrogen) atoms. The molecule has 0 fully saturated rings. The number of halogens is 1. The van der Waals surface area contributed by atoms with Crippen LogP contribution < -0.4 is 0 Å². The van der Waals surface area contributed by atoms with Crippen molar-refractivity contribution in [3.63, 3.8) is 0 Å². The first-order valence-electron chi connectivity index (χ1n) is 5.88. The summed E-state index contributed by atoms with van der Waals surface area (Å²) >= 11 is 5.96. The average Bonchev–Trinajstić information content (AvgIpc) is 2.63. The summed E-state index contributed by atoms with van der Waals surface area (Å²) in [6, 6.07) is 11.5. The van der Waals surface area contributed by atoms with Crippen LogP contribution in [0.15, 0.2) is 42.5 Å². The van der Waals surface area contributed by atoms with Gasteiger partial charge >= 0.3 is 0 Å². The second-order valence-corrected chi connectivity index (χ2v) is 5.05. The summed E-state index contributed by atoms with van der Waals surface area (Å²) in [4.78, 5) is 12.0. The summed E-state index contributed by atoms with van der Waals surface area (Å²) in [5.41, 5.74) is 2.02. The van der Waals surface area contributed by atoms with Gasteiger partial charge in [-0.1, -0.05) is 23.7 Å². The molecule has 0 spiro atoms. The second kappa shape index (κ2) is 4.37. The first-order valence-corrected chi connectivity index (χ1v) is 6.26. The zero-order valence-electron chi connectivity index (χ0n) is 9.88. The predicted octanol–water partition coefficient (Wildman–Crippen LogP) is 2.73. The zero-order chi connectivity index (χ0) is 13.6. The van der Waals surface area contributed by atoms with Gasteiger partial charge in [0.15, 0.2) is 5.78 Å². The van der Waals surface area contributed by atoms with Crippen LogP contribution in [0.2, 0.25) is 5.02 Å². The molecule has 3 rings (SSSR count). The molecule has 3 nitrogen and oxygen atoms in total. The Kier molecular flexibility index (Phi) is 2.81. The summed E-state index contributed by atoms with van der Waals surface area (Å²) in [7, 11) is 0. The lowest BCUT2D eigenvalue weighted by Crippen LogP contribution is -2.20. The number of fused-ring (bicyclic) bond motifs is 1. The van der Waals surface area contributed by atoms with E-state index in [1.165, 1.54) is 12.1 Å². The molecule has 4 heteroatoms. The van der Waals surface area contributed by atoms with Gasteiger partial charge in [0.2, 0.25) is 0 Å². The molecule has 2 aromatic carbocycles. The van der Waals surface area contributed by atoms with Crippen LogP contribution in [0.25, 0.3) is 0 Å². The Labute approximate surface area is 115 Å². The van der Waals surface area contributed by atoms with E-state index in [-0.39, 0.29) is 11.5 Å². The third kappa shape index (κ3) is 1.91. The Morgan fingerprint density at radius 2 is 1.74 bits per heavy atom. The number of phenolic OH excluding ortho intramolecular Hbond substituents is 1. The van der Waals surface area contributed by atoms with Gasteiger partial charge in [-0.25, -0.2) is 0 Å². The number of aliphatic hydroxyl groups excluding tert-OH is 1. The van der Waals surface area contributed by atoms with E-state index < -0.39 is 12.0 Å². The van der Waals surface area contributed by atoms with Crippen molar-refractivity contribution in [3.05, 3.63) is 64.2 Å². The highest BCUT2D eigenvalue weighted by Crippen LogP contribution is 2.39. The lowest BCUT2D eigenvalue weighted by Gasteiger charge is -2.15. The van der Waals surface area contributed by atoms with Crippen LogP contribution in [0.1, 0.15) is 27.4 Å². The van der Waals surface area contributed by atoms with E-state index in [2.05, 4.69) is 0 Å². The monoisotopic (exact) mass is 274 g/mol. The number of phenols is 1. The molecule has 0 saturated heterocycles. The topological polar surface area (TPSA) is 57.5 Å². The number of rotatable bonds is 1. The Hall–Kier alpha value is -1.84. The van der Waals surface area contributed by atoms with E-state index in [1.807, 2.05) is 0 Å². The number of carbonyl (C=O) groups is 1. The summed E-state index contributed by atoms with van der Waals surface area (Å²) < 4.78 is 0. The Morgan fingerprint density at radius 3 is 2.42 bits per heavy atom. The largest absolute Gasteiger partial charge is 0.508 e. The first-order chi connectivity index (χ1) is 9.08. The van der Waals surface area contributed by atoms with Crippen LogP contribution in [0.3, 0.4) is 0 Å². The summed E-state index contributed by atoms with van der Waals surface area (Å²) in [6.45, 7) is 0. The van der Waals surface area contributed by atoms with Gasteiger partial charge in [-0.15, -0.1) is 0 Å². The molecular formula is C15H11ClO3. The fourth-order valence-corrected chi connectivity index (χ4v) is 2.72. The van der Waals surface area contributed by atoms with Crippen LogP contribution in [0, 0.1) is 0 Å². The highest BCUT2D eigenvalue weighted by Gasteiger charge is 2.39. The standard InChI is InChI=1S/C15H11ClO3/c16-9-3-6-11-12(7-9)13(15(19)14(11)18)8-1-4-10(17)5-2-8/h1-7,13,15,17,19H/t13-,15+/m0/s1. The smallest absolute Gasteiger partial charge is 0.192 e. The molecule has 0 bridgehead atoms. The van der Waals surface area contributed by atoms with Crippen LogP contribution in [-0.4, -0.2) is 22.1 Å². The molecule has 0 amide bonds. The average molecular weight is 275 g/mol. The van der Waals surface area contributed by atoms with Gasteiger partial charge in [-0.3, -0.25) is 4.79 Å². The number of carbonyl (C=O) groups excluding carboxylic acids is 1. The highest BCUT2D eigenvalue weighted by atomic mass is 35.5. The van der Waals surface area contributed by atoms with E-state index in [0.717, 1.165) is 11.1 Å². The summed E-state index contributed by atoms with van der Waals surface area (Å²) in [6.07, 6.45) is -1.10. The van der Waals surface area contributed by atoms with Crippen molar-refractivity contribution in [3.8, 4) is 5.75 Å². The van der Waals surface area contributed by atoms with Crippen molar-refractivity contribution in [1.29, 1.82) is 0 Å². The third-order valence-corrected chi connectivity index (χ3v) is 3.69. The van der Waals surface area contributed by atoms with Crippen molar-refractivity contribution in [1.82, 2.24) is 0 Å². The Morgan fingerprint density at radius 1 is 1.05 bits per heavy atom. The zero-order valence-corrected chi connectivity index (χ0v) is 10.6. The van der Waals surface area contributed by atoms with Gasteiger partial charge in [-0.05, 0) is 41.5 Å². The molecular weight excluding hydrogens is 264 g/mol. The normalized spacial score (nSPS) is 21.5. The molecule has 96 valence electrons. The quantitative estimate of drug-likeness (QED) is 0.841. The van der Waals surface area contributed by atoms with Gasteiger partial charge in [-0.2, -0.15) is 0 Å². The number of aliphatic hydroxyl groups is 1. The van der Waals surface area contributed by atoms with Crippen LogP contribution in [0.5, 0.6) is 5.75 Å². The fraction of sp³-hybridized carbons (Fsp3) is 0.133. The molecule has 0 unspecified atom stereocenters. The fourth-order valence-electron chi connectivity index (χ4n) is 2.54. The van der Waals surface area contributed by atoms with Gasteiger partial charge < -0.3 is 10.2 Å². The minimum absolute atomic E-state index is 0.147. The summed E-state index contributed by atoms with van der Waals surface area (Å²) in [5, 5.41) is 20.0. The molecule has 1 aliphatic rings. The third-order valence-electron chi connectivity index (χ3n) is 3.45. The van der Waals surface area contributed by atoms with Crippen molar-refractivity contribution in [2.45, 2.75) is 12.0 Å². The number of Topliss-reactive ketones (excluding diaryl/α,β-unsaturated/α-hetero) is 1. The molecule has 2 N–H and O–H groups in total. The molecule has 0 aliphatic heterocycles. The molecule has 1 aliphatic carbocycles. The lowest BCUT2D eigenvalue weighted by molar-refractivity contribution is 0.0754. The number of benzene rings is 2. The summed E-state index contributed by atoms with van der Waals surface area (Å²) in [5.74, 6) is -0.569. The van der Waals surface area contributed by atoms with E-state index in [4.69, 9.17) is 11.6 Å². The Bertz CT molecular complexity index is 649. The van der Waals surface area contributed by atoms with Crippen molar-refractivity contribution >= 4 is 17.4 Å². The van der Waals surface area contributed by atoms with Gasteiger partial charge in [0.25, 0.3) is 0 Å². The molecule has 0 heterocycles. The molecule has 2 atom stereocenters. The van der Waals surface area contributed by atoms with Crippen molar-refractivity contribution in [2.24, 2.45) is 0 Å². The maximum absolute atomic E-state index is 12.0. The lowest BCUT2D eigenvalue weighted by atomic mass is 9.91. The number of ketones is 1. The predicted molar refractivity (Wildman–Crippen MR) is 71.7 cm³/mol. The number of aromatic hydroxyl groups is 1. The molecule has 2 aromatic rings. The van der Waals surface area contributed by atoms with E-state index in [0.29, 0.717) is 10.6 Å². The van der Waals surface area contributed by atoms with E-state index >= 15 is 0 Å². The van der Waals surface area contributed by atoms with Crippen molar-refractivity contribution < 1.29 is 15.0 Å². The molecule has 0 radical (unpaired) electrons. The molecule has 0 aromatic heterocycles. The maximum Gasteiger partial charge on any atom is 0.192 e.